The summed E-state index contributed by atoms with van der Waals surface area (Å²) in [6, 6.07) is 0. The zero-order chi connectivity index (χ0) is 20.8. The van der Waals surface area contributed by atoms with Crippen LogP contribution >= 0.6 is 0 Å². The summed E-state index contributed by atoms with van der Waals surface area (Å²) in [7, 11) is 0. The Bertz CT molecular complexity index is 823. The van der Waals surface area contributed by atoms with Crippen LogP contribution in [0.4, 0.5) is 0 Å². The van der Waals surface area contributed by atoms with Crippen molar-refractivity contribution in [1.29, 1.82) is 0 Å². The van der Waals surface area contributed by atoms with E-state index in [1.165, 1.54) is 0 Å². The van der Waals surface area contributed by atoms with Gasteiger partial charge in [-0.1, -0.05) is 33.8 Å². The molecule has 5 heteroatoms. The van der Waals surface area contributed by atoms with Crippen LogP contribution in [0.25, 0.3) is 0 Å². The minimum Gasteiger partial charge on any atom is -0.507 e. The minimum atomic E-state index is -0.642. The summed E-state index contributed by atoms with van der Waals surface area (Å²) in [5.41, 5.74) is -0.468. The van der Waals surface area contributed by atoms with Gasteiger partial charge in [-0.05, 0) is 49.5 Å². The molecule has 0 bridgehead atoms. The second-order valence-corrected chi connectivity index (χ2v) is 9.13. The van der Waals surface area contributed by atoms with Crippen LogP contribution in [0.2, 0.25) is 0 Å². The smallest absolute Gasteiger partial charge is 0.157 e. The Kier molecular flexibility index (Phi) is 5.30. The van der Waals surface area contributed by atoms with E-state index >= 15 is 0 Å². The molecule has 0 spiro atoms. The molecule has 0 fully saturated rings. The molecule has 1 heterocycles. The molecule has 1 aromatic carbocycles. The largest absolute Gasteiger partial charge is 0.507 e. The van der Waals surface area contributed by atoms with E-state index in [1.54, 1.807) is 0 Å². The van der Waals surface area contributed by atoms with Gasteiger partial charge in [0, 0.05) is 11.5 Å². The number of ether oxygens (including phenoxy) is 1. The van der Waals surface area contributed by atoms with Gasteiger partial charge in [0.15, 0.2) is 12.6 Å². The lowest BCUT2D eigenvalue weighted by atomic mass is 9.63. The van der Waals surface area contributed by atoms with Crippen molar-refractivity contribution in [2.75, 3.05) is 0 Å². The number of carbonyl (C=O) groups excluding carboxylic acids is 2. The predicted octanol–water partition coefficient (Wildman–Crippen LogP) is 4.85. The lowest BCUT2D eigenvalue weighted by Gasteiger charge is -2.50. The maximum Gasteiger partial charge on any atom is 0.157 e. The number of rotatable bonds is 5. The summed E-state index contributed by atoms with van der Waals surface area (Å²) >= 11 is 0. The van der Waals surface area contributed by atoms with E-state index in [-0.39, 0.29) is 34.5 Å². The van der Waals surface area contributed by atoms with Crippen molar-refractivity contribution in [2.45, 2.75) is 59.0 Å². The maximum absolute atomic E-state index is 11.8. The number of fused-ring (bicyclic) bond motifs is 2. The first-order valence-electron chi connectivity index (χ1n) is 10.0. The molecular weight excluding hydrogens is 356 g/mol. The van der Waals surface area contributed by atoms with Crippen molar-refractivity contribution in [3.8, 4) is 17.2 Å². The summed E-state index contributed by atoms with van der Waals surface area (Å²) in [5.74, 6) is 0.638. The molecule has 4 atom stereocenters. The Balaban J connectivity index is 2.28. The highest BCUT2D eigenvalue weighted by atomic mass is 16.5. The Hall–Kier alpha value is -2.30. The van der Waals surface area contributed by atoms with Crippen LogP contribution in [0.1, 0.15) is 79.7 Å². The van der Waals surface area contributed by atoms with Crippen LogP contribution in [0.5, 0.6) is 17.2 Å². The number of phenols is 2. The number of carbonyl (C=O) groups is 2. The first kappa shape index (κ1) is 20.4. The summed E-state index contributed by atoms with van der Waals surface area (Å²) in [5, 5.41) is 21.2. The second-order valence-electron chi connectivity index (χ2n) is 9.13. The van der Waals surface area contributed by atoms with E-state index in [2.05, 4.69) is 39.8 Å². The second kappa shape index (κ2) is 7.26. The molecule has 2 aliphatic rings. The molecule has 0 saturated heterocycles. The van der Waals surface area contributed by atoms with Gasteiger partial charge in [-0.25, -0.2) is 0 Å². The van der Waals surface area contributed by atoms with Crippen LogP contribution in [0, 0.1) is 23.7 Å². The molecule has 0 saturated carbocycles. The molecule has 0 unspecified atom stereocenters. The molecule has 3 rings (SSSR count). The van der Waals surface area contributed by atoms with E-state index in [4.69, 9.17) is 4.74 Å². The standard InChI is InChI=1S/C23H30O5/c1-12(2)8-15-18-9-14(13(3)4)6-7-23(18,5)28-22-17(11-25)20(26)16(10-24)21(27)19(15)22/h6-7,10-15,18,26-27H,8-9H2,1-5H3/t14-,15-,18+,23+/m0/s1. The third-order valence-electron chi connectivity index (χ3n) is 6.44. The lowest BCUT2D eigenvalue weighted by molar-refractivity contribution is 0.00795. The highest BCUT2D eigenvalue weighted by molar-refractivity contribution is 5.95. The highest BCUT2D eigenvalue weighted by Crippen LogP contribution is 2.58. The number of hydrogen-bond donors (Lipinski definition) is 2. The molecular formula is C23H30O5. The van der Waals surface area contributed by atoms with Crippen molar-refractivity contribution in [1.82, 2.24) is 0 Å². The zero-order valence-electron chi connectivity index (χ0n) is 17.2. The normalized spacial score (nSPS) is 28.6. The van der Waals surface area contributed by atoms with Crippen LogP contribution in [-0.4, -0.2) is 28.4 Å². The molecule has 0 radical (unpaired) electrons. The fourth-order valence-corrected chi connectivity index (χ4v) is 4.86. The van der Waals surface area contributed by atoms with Crippen LogP contribution in [0.15, 0.2) is 12.2 Å². The van der Waals surface area contributed by atoms with Crippen molar-refractivity contribution >= 4 is 12.6 Å². The third kappa shape index (κ3) is 3.11. The molecule has 28 heavy (non-hydrogen) atoms. The number of phenolic OH excluding ortho intramolecular Hbond substituents is 2. The molecule has 1 aliphatic heterocycles. The Labute approximate surface area is 166 Å². The van der Waals surface area contributed by atoms with E-state index in [1.807, 2.05) is 6.92 Å². The first-order chi connectivity index (χ1) is 13.1. The van der Waals surface area contributed by atoms with Crippen LogP contribution < -0.4 is 4.74 Å². The molecule has 1 aliphatic carbocycles. The average Bonchev–Trinajstić information content (AvgIpc) is 2.60. The lowest BCUT2D eigenvalue weighted by Crippen LogP contribution is -2.49. The minimum absolute atomic E-state index is 0.0669. The van der Waals surface area contributed by atoms with Gasteiger partial charge in [-0.3, -0.25) is 9.59 Å². The number of aromatic hydroxyl groups is 2. The van der Waals surface area contributed by atoms with Gasteiger partial charge >= 0.3 is 0 Å². The Morgan fingerprint density at radius 3 is 2.32 bits per heavy atom. The van der Waals surface area contributed by atoms with Gasteiger partial charge in [-0.2, -0.15) is 0 Å². The van der Waals surface area contributed by atoms with Crippen molar-refractivity contribution in [3.63, 3.8) is 0 Å². The van der Waals surface area contributed by atoms with Gasteiger partial charge in [0.2, 0.25) is 0 Å². The van der Waals surface area contributed by atoms with Crippen molar-refractivity contribution in [2.24, 2.45) is 23.7 Å². The van der Waals surface area contributed by atoms with Gasteiger partial charge in [0.25, 0.3) is 0 Å². The summed E-state index contributed by atoms with van der Waals surface area (Å²) in [4.78, 5) is 23.3. The SMILES string of the molecule is CC(C)C[C@@H]1c2c(O)c(C=O)c(O)c(C=O)c2O[C@]2(C)C=C[C@H](C(C)C)C[C@H]12. The number of hydrogen-bond acceptors (Lipinski definition) is 5. The maximum atomic E-state index is 11.8. The van der Waals surface area contributed by atoms with Crippen LogP contribution in [-0.2, 0) is 0 Å². The van der Waals surface area contributed by atoms with E-state index in [0.29, 0.717) is 35.9 Å². The molecule has 152 valence electrons. The molecule has 2 N–H and O–H groups in total. The van der Waals surface area contributed by atoms with Gasteiger partial charge in [0.05, 0.1) is 11.1 Å². The van der Waals surface area contributed by atoms with Gasteiger partial charge < -0.3 is 14.9 Å². The van der Waals surface area contributed by atoms with E-state index in [0.717, 1.165) is 12.8 Å². The fourth-order valence-electron chi connectivity index (χ4n) is 4.86. The number of benzene rings is 1. The predicted molar refractivity (Wildman–Crippen MR) is 107 cm³/mol. The van der Waals surface area contributed by atoms with Crippen LogP contribution in [0.3, 0.4) is 0 Å². The summed E-state index contributed by atoms with van der Waals surface area (Å²) in [6.07, 6.45) is 6.83. The highest BCUT2D eigenvalue weighted by Gasteiger charge is 2.50. The average molecular weight is 386 g/mol. The number of aldehydes is 2. The number of allylic oxidation sites excluding steroid dienone is 1. The third-order valence-corrected chi connectivity index (χ3v) is 6.44. The summed E-state index contributed by atoms with van der Waals surface area (Å²) < 4.78 is 6.29. The van der Waals surface area contributed by atoms with Gasteiger partial charge in [-0.15, -0.1) is 0 Å². The van der Waals surface area contributed by atoms with E-state index in [9.17, 15) is 19.8 Å². The Morgan fingerprint density at radius 2 is 1.79 bits per heavy atom. The first-order valence-corrected chi connectivity index (χ1v) is 10.0. The molecule has 5 nitrogen and oxygen atoms in total. The molecule has 0 aromatic heterocycles. The van der Waals surface area contributed by atoms with E-state index < -0.39 is 11.4 Å². The quantitative estimate of drug-likeness (QED) is 0.558. The molecule has 0 amide bonds. The zero-order valence-corrected chi connectivity index (χ0v) is 17.2. The summed E-state index contributed by atoms with van der Waals surface area (Å²) in [6.45, 7) is 10.6. The fraction of sp³-hybridized carbons (Fsp3) is 0.565. The Morgan fingerprint density at radius 1 is 1.14 bits per heavy atom. The monoisotopic (exact) mass is 386 g/mol. The van der Waals surface area contributed by atoms with Gasteiger partial charge in [0.1, 0.15) is 22.8 Å². The molecule has 1 aromatic rings. The van der Waals surface area contributed by atoms with Crippen molar-refractivity contribution in [3.05, 3.63) is 28.8 Å². The van der Waals surface area contributed by atoms with Crippen molar-refractivity contribution < 1.29 is 24.5 Å². The topological polar surface area (TPSA) is 83.8 Å².